The van der Waals surface area contributed by atoms with Crippen molar-refractivity contribution >= 4 is 23.5 Å². The van der Waals surface area contributed by atoms with Crippen molar-refractivity contribution in [1.29, 1.82) is 0 Å². The molecule has 2 heterocycles. The second kappa shape index (κ2) is 5.36. The molecule has 6 nitrogen and oxygen atoms in total. The van der Waals surface area contributed by atoms with Crippen molar-refractivity contribution in [3.63, 3.8) is 0 Å². The van der Waals surface area contributed by atoms with E-state index in [1.54, 1.807) is 0 Å². The fourth-order valence-corrected chi connectivity index (χ4v) is 2.82. The van der Waals surface area contributed by atoms with Crippen LogP contribution in [-0.2, 0) is 4.79 Å². The lowest BCUT2D eigenvalue weighted by Gasteiger charge is -2.43. The van der Waals surface area contributed by atoms with Crippen LogP contribution in [0.3, 0.4) is 0 Å². The monoisotopic (exact) mass is 297 g/mol. The molecule has 1 aliphatic rings. The van der Waals surface area contributed by atoms with Gasteiger partial charge in [0.25, 0.3) is 5.91 Å². The molecule has 2 rings (SSSR count). The van der Waals surface area contributed by atoms with Crippen LogP contribution in [0.1, 0.15) is 37.2 Å². The predicted molar refractivity (Wildman–Crippen MR) is 72.5 cm³/mol. The van der Waals surface area contributed by atoms with Crippen molar-refractivity contribution in [3.8, 4) is 0 Å². The summed E-state index contributed by atoms with van der Waals surface area (Å²) in [5.74, 6) is -1.45. The van der Waals surface area contributed by atoms with E-state index in [-0.39, 0.29) is 10.8 Å². The molecular formula is C13H16ClN3O3. The van der Waals surface area contributed by atoms with Crippen LogP contribution in [0.5, 0.6) is 0 Å². The molecular weight excluding hydrogens is 282 g/mol. The Morgan fingerprint density at radius 3 is 2.75 bits per heavy atom. The Hall–Kier alpha value is -1.69. The van der Waals surface area contributed by atoms with E-state index >= 15 is 0 Å². The summed E-state index contributed by atoms with van der Waals surface area (Å²) in [7, 11) is 0. The van der Waals surface area contributed by atoms with E-state index in [4.69, 9.17) is 11.6 Å². The summed E-state index contributed by atoms with van der Waals surface area (Å²) >= 11 is 5.72. The quantitative estimate of drug-likeness (QED) is 0.900. The molecule has 1 atom stereocenters. The van der Waals surface area contributed by atoms with Gasteiger partial charge in [-0.3, -0.25) is 9.78 Å². The highest BCUT2D eigenvalue weighted by molar-refractivity contribution is 6.29. The maximum atomic E-state index is 12.5. The number of piperidine rings is 1. The number of hydrogen-bond donors (Lipinski definition) is 1. The van der Waals surface area contributed by atoms with Crippen LogP contribution in [0.15, 0.2) is 12.4 Å². The minimum absolute atomic E-state index is 0.0708. The molecule has 0 spiro atoms. The average molecular weight is 298 g/mol. The summed E-state index contributed by atoms with van der Waals surface area (Å²) < 4.78 is 0. The second-order valence-electron chi connectivity index (χ2n) is 5.56. The van der Waals surface area contributed by atoms with E-state index in [2.05, 4.69) is 9.97 Å². The fraction of sp³-hybridized carbons (Fsp3) is 0.538. The number of carbonyl (C=O) groups excluding carboxylic acids is 1. The van der Waals surface area contributed by atoms with Gasteiger partial charge >= 0.3 is 5.97 Å². The number of aliphatic carboxylic acids is 1. The largest absolute Gasteiger partial charge is 0.480 e. The van der Waals surface area contributed by atoms with Gasteiger partial charge in [0.15, 0.2) is 0 Å². The number of likely N-dealkylation sites (tertiary alicyclic amines) is 1. The summed E-state index contributed by atoms with van der Waals surface area (Å²) in [5.41, 5.74) is -0.410. The standard InChI is InChI=1S/C13H16ClN3O3/c1-13(2)4-3-5-17(10(13)12(19)20)11(18)8-6-15-7-9(14)16-8/h6-7,10H,3-5H2,1-2H3,(H,19,20). The molecule has 1 saturated heterocycles. The highest BCUT2D eigenvalue weighted by atomic mass is 35.5. The minimum Gasteiger partial charge on any atom is -0.480 e. The maximum Gasteiger partial charge on any atom is 0.326 e. The van der Waals surface area contributed by atoms with E-state index in [0.29, 0.717) is 6.54 Å². The van der Waals surface area contributed by atoms with E-state index in [1.807, 2.05) is 13.8 Å². The Morgan fingerprint density at radius 2 is 2.15 bits per heavy atom. The molecule has 1 aromatic heterocycles. The summed E-state index contributed by atoms with van der Waals surface area (Å²) in [4.78, 5) is 33.1. The van der Waals surface area contributed by atoms with Crippen molar-refractivity contribution in [2.75, 3.05) is 6.54 Å². The third kappa shape index (κ3) is 2.75. The summed E-state index contributed by atoms with van der Waals surface area (Å²) in [6.07, 6.45) is 4.15. The normalized spacial score (nSPS) is 21.6. The zero-order valence-corrected chi connectivity index (χ0v) is 12.1. The number of aromatic nitrogens is 2. The van der Waals surface area contributed by atoms with Gasteiger partial charge < -0.3 is 10.0 Å². The number of carboxylic acids is 1. The zero-order valence-electron chi connectivity index (χ0n) is 11.3. The molecule has 0 bridgehead atoms. The van der Waals surface area contributed by atoms with Gasteiger partial charge in [-0.2, -0.15) is 0 Å². The Kier molecular flexibility index (Phi) is 3.94. The molecule has 0 aliphatic carbocycles. The van der Waals surface area contributed by atoms with Gasteiger partial charge in [0.2, 0.25) is 0 Å². The number of carbonyl (C=O) groups is 2. The van der Waals surface area contributed by atoms with Gasteiger partial charge in [0, 0.05) is 6.54 Å². The number of hydrogen-bond acceptors (Lipinski definition) is 4. The summed E-state index contributed by atoms with van der Waals surface area (Å²) in [6, 6.07) is -0.871. The van der Waals surface area contributed by atoms with Gasteiger partial charge in [-0.15, -0.1) is 0 Å². The molecule has 1 fully saturated rings. The van der Waals surface area contributed by atoms with Crippen LogP contribution in [0.25, 0.3) is 0 Å². The minimum atomic E-state index is -1.00. The lowest BCUT2D eigenvalue weighted by Crippen LogP contribution is -2.56. The first-order chi connectivity index (χ1) is 9.33. The highest BCUT2D eigenvalue weighted by Gasteiger charge is 2.44. The van der Waals surface area contributed by atoms with Crippen molar-refractivity contribution in [1.82, 2.24) is 14.9 Å². The first kappa shape index (κ1) is 14.7. The van der Waals surface area contributed by atoms with Crippen LogP contribution >= 0.6 is 11.6 Å². The van der Waals surface area contributed by atoms with Crippen LogP contribution in [-0.4, -0.2) is 44.4 Å². The third-order valence-corrected chi connectivity index (χ3v) is 3.77. The van der Waals surface area contributed by atoms with Crippen LogP contribution in [0.4, 0.5) is 0 Å². The molecule has 7 heteroatoms. The van der Waals surface area contributed by atoms with E-state index in [9.17, 15) is 14.7 Å². The molecule has 0 radical (unpaired) electrons. The van der Waals surface area contributed by atoms with E-state index < -0.39 is 23.3 Å². The van der Waals surface area contributed by atoms with Gasteiger partial charge in [0.1, 0.15) is 16.9 Å². The van der Waals surface area contributed by atoms with Gasteiger partial charge in [0.05, 0.1) is 12.4 Å². The lowest BCUT2D eigenvalue weighted by atomic mass is 9.76. The molecule has 0 aromatic carbocycles. The van der Waals surface area contributed by atoms with Gasteiger partial charge in [-0.25, -0.2) is 9.78 Å². The number of halogens is 1. The molecule has 1 amide bonds. The molecule has 0 saturated carbocycles. The fourth-order valence-electron chi connectivity index (χ4n) is 2.67. The number of amides is 1. The Bertz CT molecular complexity index is 547. The molecule has 1 N–H and O–H groups in total. The molecule has 20 heavy (non-hydrogen) atoms. The second-order valence-corrected chi connectivity index (χ2v) is 5.95. The average Bonchev–Trinajstić information content (AvgIpc) is 2.35. The number of nitrogens with zero attached hydrogens (tertiary/aromatic N) is 3. The van der Waals surface area contributed by atoms with Crippen molar-refractivity contribution in [3.05, 3.63) is 23.2 Å². The zero-order chi connectivity index (χ0) is 14.9. The first-order valence-electron chi connectivity index (χ1n) is 6.34. The molecule has 108 valence electrons. The van der Waals surface area contributed by atoms with Crippen LogP contribution in [0.2, 0.25) is 5.15 Å². The van der Waals surface area contributed by atoms with E-state index in [0.717, 1.165) is 12.8 Å². The number of rotatable bonds is 2. The Balaban J connectivity index is 2.34. The molecule has 1 aromatic rings. The first-order valence-corrected chi connectivity index (χ1v) is 6.72. The molecule has 1 unspecified atom stereocenters. The maximum absolute atomic E-state index is 12.5. The van der Waals surface area contributed by atoms with Gasteiger partial charge in [-0.1, -0.05) is 25.4 Å². The van der Waals surface area contributed by atoms with Crippen molar-refractivity contribution < 1.29 is 14.7 Å². The SMILES string of the molecule is CC1(C)CCCN(C(=O)c2cncc(Cl)n2)C1C(=O)O. The van der Waals surface area contributed by atoms with Crippen LogP contribution in [0, 0.1) is 5.41 Å². The van der Waals surface area contributed by atoms with Crippen LogP contribution < -0.4 is 0 Å². The summed E-state index contributed by atoms with van der Waals surface area (Å²) in [5, 5.41) is 9.55. The van der Waals surface area contributed by atoms with Gasteiger partial charge in [-0.05, 0) is 18.3 Å². The summed E-state index contributed by atoms with van der Waals surface area (Å²) in [6.45, 7) is 4.11. The third-order valence-electron chi connectivity index (χ3n) is 3.59. The lowest BCUT2D eigenvalue weighted by molar-refractivity contribution is -0.148. The smallest absolute Gasteiger partial charge is 0.326 e. The molecule has 1 aliphatic heterocycles. The Morgan fingerprint density at radius 1 is 1.45 bits per heavy atom. The van der Waals surface area contributed by atoms with E-state index in [1.165, 1.54) is 17.3 Å². The Labute approximate surface area is 121 Å². The highest BCUT2D eigenvalue weighted by Crippen LogP contribution is 2.35. The van der Waals surface area contributed by atoms with Crippen molar-refractivity contribution in [2.45, 2.75) is 32.7 Å². The van der Waals surface area contributed by atoms with Crippen molar-refractivity contribution in [2.24, 2.45) is 5.41 Å². The number of carboxylic acid groups (broad SMARTS) is 1. The topological polar surface area (TPSA) is 83.4 Å². The predicted octanol–water partition coefficient (Wildman–Crippen LogP) is 1.85.